The average molecular weight is 489 g/mol. The maximum atomic E-state index is 13.0. The molecule has 3 aromatic rings. The molecule has 0 spiro atoms. The van der Waals surface area contributed by atoms with E-state index in [0.717, 1.165) is 11.1 Å². The molecule has 1 aliphatic carbocycles. The Hall–Kier alpha value is -3.97. The van der Waals surface area contributed by atoms with Crippen LogP contribution in [-0.2, 0) is 11.2 Å². The number of hydrogen-bond donors (Lipinski definition) is 3. The molecule has 1 fully saturated rings. The Morgan fingerprint density at radius 2 is 1.67 bits per heavy atom. The van der Waals surface area contributed by atoms with Crippen LogP contribution in [0.25, 0.3) is 6.08 Å². The van der Waals surface area contributed by atoms with Crippen molar-refractivity contribution >= 4 is 17.9 Å². The number of halogens is 1. The van der Waals surface area contributed by atoms with Crippen molar-refractivity contribution in [2.45, 2.75) is 25.2 Å². The van der Waals surface area contributed by atoms with Gasteiger partial charge < -0.3 is 20.5 Å². The van der Waals surface area contributed by atoms with E-state index in [1.807, 2.05) is 24.3 Å². The summed E-state index contributed by atoms with van der Waals surface area (Å²) in [4.78, 5) is 25.5. The second-order valence-corrected chi connectivity index (χ2v) is 8.68. The van der Waals surface area contributed by atoms with Gasteiger partial charge in [-0.25, -0.2) is 4.39 Å². The predicted octanol–water partition coefficient (Wildman–Crippen LogP) is 4.20. The van der Waals surface area contributed by atoms with E-state index in [1.54, 1.807) is 42.5 Å². The van der Waals surface area contributed by atoms with Gasteiger partial charge in [-0.15, -0.1) is 0 Å². The van der Waals surface area contributed by atoms with Crippen molar-refractivity contribution in [2.75, 3.05) is 19.8 Å². The summed E-state index contributed by atoms with van der Waals surface area (Å²) in [5.74, 6) is 0.0342. The monoisotopic (exact) mass is 488 g/mol. The zero-order valence-corrected chi connectivity index (χ0v) is 19.9. The number of carbonyl (C=O) groups is 2. The van der Waals surface area contributed by atoms with E-state index < -0.39 is 11.8 Å². The minimum Gasteiger partial charge on any atom is -0.493 e. The van der Waals surface area contributed by atoms with Gasteiger partial charge in [-0.2, -0.15) is 0 Å². The van der Waals surface area contributed by atoms with Crippen LogP contribution in [-0.4, -0.2) is 36.7 Å². The van der Waals surface area contributed by atoms with Crippen LogP contribution in [0.5, 0.6) is 5.75 Å². The molecule has 3 aromatic carbocycles. The average Bonchev–Trinajstić information content (AvgIpc) is 3.74. The maximum absolute atomic E-state index is 13.0. The SMILES string of the molecule is O=C(NCCO)/C(=C\c1ccc(C2CC2)cc1)NC(=O)c1ccc(OCCc2ccc(F)cc2)cc1. The Morgan fingerprint density at radius 1 is 0.972 bits per heavy atom. The highest BCUT2D eigenvalue weighted by atomic mass is 19.1. The van der Waals surface area contributed by atoms with E-state index in [4.69, 9.17) is 9.84 Å². The fourth-order valence-corrected chi connectivity index (χ4v) is 3.71. The highest BCUT2D eigenvalue weighted by Gasteiger charge is 2.23. The van der Waals surface area contributed by atoms with Crippen molar-refractivity contribution in [1.29, 1.82) is 0 Å². The van der Waals surface area contributed by atoms with Crippen molar-refractivity contribution in [3.8, 4) is 5.75 Å². The molecular formula is C29H29FN2O4. The summed E-state index contributed by atoms with van der Waals surface area (Å²) in [6.45, 7) is 0.289. The number of aliphatic hydroxyl groups excluding tert-OH is 1. The highest BCUT2D eigenvalue weighted by Crippen LogP contribution is 2.39. The number of nitrogens with one attached hydrogen (secondary N) is 2. The van der Waals surface area contributed by atoms with E-state index in [1.165, 1.54) is 30.5 Å². The van der Waals surface area contributed by atoms with Gasteiger partial charge in [0.2, 0.25) is 0 Å². The Morgan fingerprint density at radius 3 is 2.31 bits per heavy atom. The fourth-order valence-electron chi connectivity index (χ4n) is 3.71. The topological polar surface area (TPSA) is 87.7 Å². The molecule has 7 heteroatoms. The summed E-state index contributed by atoms with van der Waals surface area (Å²) in [5, 5.41) is 14.3. The van der Waals surface area contributed by atoms with Gasteiger partial charge in [0.15, 0.2) is 0 Å². The van der Waals surface area contributed by atoms with Crippen molar-refractivity contribution in [1.82, 2.24) is 10.6 Å². The van der Waals surface area contributed by atoms with Crippen LogP contribution < -0.4 is 15.4 Å². The van der Waals surface area contributed by atoms with Crippen LogP contribution in [0.15, 0.2) is 78.5 Å². The van der Waals surface area contributed by atoms with Crippen molar-refractivity contribution in [3.63, 3.8) is 0 Å². The summed E-state index contributed by atoms with van der Waals surface area (Å²) in [5.41, 5.74) is 3.49. The zero-order valence-electron chi connectivity index (χ0n) is 19.9. The molecule has 36 heavy (non-hydrogen) atoms. The lowest BCUT2D eigenvalue weighted by Gasteiger charge is -2.12. The van der Waals surface area contributed by atoms with Crippen LogP contribution in [0, 0.1) is 5.82 Å². The number of ether oxygens (including phenoxy) is 1. The quantitative estimate of drug-likeness (QED) is 0.353. The molecule has 0 heterocycles. The molecule has 0 bridgehead atoms. The molecule has 0 aliphatic heterocycles. The van der Waals surface area contributed by atoms with Gasteiger partial charge in [0.1, 0.15) is 17.3 Å². The lowest BCUT2D eigenvalue weighted by Crippen LogP contribution is -2.36. The number of rotatable bonds is 11. The Balaban J connectivity index is 1.38. The Labute approximate surface area is 209 Å². The standard InChI is InChI=1S/C29H29FN2O4/c30-25-11-3-20(4-12-25)15-18-36-26-13-9-24(10-14-26)28(34)32-27(29(35)31-16-17-33)19-21-1-5-22(6-2-21)23-7-8-23/h1-6,9-14,19,23,33H,7-8,15-18H2,(H,31,35)(H,32,34)/b27-19+. The van der Waals surface area contributed by atoms with E-state index in [9.17, 15) is 14.0 Å². The summed E-state index contributed by atoms with van der Waals surface area (Å²) in [7, 11) is 0. The fraction of sp³-hybridized carbons (Fsp3) is 0.241. The Bertz CT molecular complexity index is 1200. The molecule has 0 aromatic heterocycles. The van der Waals surface area contributed by atoms with Gasteiger partial charge in [0, 0.05) is 18.5 Å². The van der Waals surface area contributed by atoms with Gasteiger partial charge in [-0.3, -0.25) is 9.59 Å². The third kappa shape index (κ3) is 7.26. The van der Waals surface area contributed by atoms with Gasteiger partial charge in [-0.1, -0.05) is 36.4 Å². The van der Waals surface area contributed by atoms with E-state index >= 15 is 0 Å². The van der Waals surface area contributed by atoms with Gasteiger partial charge in [0.05, 0.1) is 13.2 Å². The molecule has 0 radical (unpaired) electrons. The van der Waals surface area contributed by atoms with Gasteiger partial charge in [0.25, 0.3) is 11.8 Å². The lowest BCUT2D eigenvalue weighted by atomic mass is 10.1. The third-order valence-corrected chi connectivity index (χ3v) is 5.88. The first-order chi connectivity index (χ1) is 17.5. The number of aliphatic hydroxyl groups is 1. The summed E-state index contributed by atoms with van der Waals surface area (Å²) in [6.07, 6.45) is 4.66. The van der Waals surface area contributed by atoms with Crippen molar-refractivity contribution < 1.29 is 23.8 Å². The zero-order chi connectivity index (χ0) is 25.3. The molecule has 4 rings (SSSR count). The van der Waals surface area contributed by atoms with Crippen LogP contribution in [0.3, 0.4) is 0 Å². The lowest BCUT2D eigenvalue weighted by molar-refractivity contribution is -0.117. The second kappa shape index (κ2) is 12.1. The van der Waals surface area contributed by atoms with Crippen molar-refractivity contribution in [2.24, 2.45) is 0 Å². The van der Waals surface area contributed by atoms with Crippen LogP contribution in [0.2, 0.25) is 0 Å². The van der Waals surface area contributed by atoms with Crippen LogP contribution >= 0.6 is 0 Å². The largest absolute Gasteiger partial charge is 0.493 e. The van der Waals surface area contributed by atoms with E-state index in [0.29, 0.717) is 30.3 Å². The minimum atomic E-state index is -0.482. The van der Waals surface area contributed by atoms with Gasteiger partial charge >= 0.3 is 0 Å². The first kappa shape index (κ1) is 25.1. The summed E-state index contributed by atoms with van der Waals surface area (Å²) in [6, 6.07) is 20.8. The molecule has 1 aliphatic rings. The molecule has 6 nitrogen and oxygen atoms in total. The van der Waals surface area contributed by atoms with E-state index in [2.05, 4.69) is 10.6 Å². The van der Waals surface area contributed by atoms with Crippen LogP contribution in [0.4, 0.5) is 4.39 Å². The first-order valence-corrected chi connectivity index (χ1v) is 12.0. The molecule has 1 saturated carbocycles. The van der Waals surface area contributed by atoms with Gasteiger partial charge in [-0.05, 0) is 77.9 Å². The molecule has 0 unspecified atom stereocenters. The number of amides is 2. The first-order valence-electron chi connectivity index (χ1n) is 12.0. The number of carbonyl (C=O) groups excluding carboxylic acids is 2. The van der Waals surface area contributed by atoms with Crippen LogP contribution in [0.1, 0.15) is 45.8 Å². The molecule has 186 valence electrons. The highest BCUT2D eigenvalue weighted by molar-refractivity contribution is 6.05. The smallest absolute Gasteiger partial charge is 0.267 e. The Kier molecular flexibility index (Phi) is 8.47. The number of hydrogen-bond acceptors (Lipinski definition) is 4. The summed E-state index contributed by atoms with van der Waals surface area (Å²) >= 11 is 0. The predicted molar refractivity (Wildman–Crippen MR) is 136 cm³/mol. The normalized spacial score (nSPS) is 13.2. The third-order valence-electron chi connectivity index (χ3n) is 5.88. The maximum Gasteiger partial charge on any atom is 0.267 e. The molecule has 0 atom stereocenters. The molecular weight excluding hydrogens is 459 g/mol. The van der Waals surface area contributed by atoms with E-state index in [-0.39, 0.29) is 24.7 Å². The molecule has 0 saturated heterocycles. The number of benzene rings is 3. The molecule has 2 amide bonds. The summed E-state index contributed by atoms with van der Waals surface area (Å²) < 4.78 is 18.7. The van der Waals surface area contributed by atoms with Crippen molar-refractivity contribution in [3.05, 3.63) is 107 Å². The minimum absolute atomic E-state index is 0.0800. The molecule has 3 N–H and O–H groups in total. The second-order valence-electron chi connectivity index (χ2n) is 8.68.